The number of hydrogen-bond acceptors (Lipinski definition) is 20. The van der Waals surface area contributed by atoms with Gasteiger partial charge in [0.2, 0.25) is 54.9 Å². The minimum absolute atomic E-state index is 0.00169. The molecule has 1 aromatic heterocycles. The Morgan fingerprint density at radius 2 is 1.46 bits per heavy atom. The summed E-state index contributed by atoms with van der Waals surface area (Å²) in [5.74, 6) is -7.60. The lowest BCUT2D eigenvalue weighted by molar-refractivity contribution is -0.163. The number of thiophene rings is 1. The number of alkyl halides is 4. The number of amides is 9. The number of nitrogens with one attached hydrogen (secondary N) is 5. The number of halogens is 4. The molecule has 4 aromatic rings. The molecule has 0 saturated carbocycles. The van der Waals surface area contributed by atoms with Gasteiger partial charge in [-0.15, -0.1) is 11.3 Å². The lowest BCUT2D eigenvalue weighted by Gasteiger charge is -2.39. The molecule has 3 aromatic carbocycles. The molecule has 27 nitrogen and oxygen atoms in total. The molecule has 4 saturated heterocycles. The van der Waals surface area contributed by atoms with E-state index in [1.54, 1.807) is 17.0 Å². The summed E-state index contributed by atoms with van der Waals surface area (Å²) in [5, 5.41) is 14.0. The molecule has 6 atom stereocenters. The van der Waals surface area contributed by atoms with Gasteiger partial charge < -0.3 is 51.2 Å². The molecule has 9 rings (SSSR count). The summed E-state index contributed by atoms with van der Waals surface area (Å²) in [6, 6.07) is 10.1. The highest BCUT2D eigenvalue weighted by molar-refractivity contribution is 7.54. The summed E-state index contributed by atoms with van der Waals surface area (Å²) >= 11 is 0.801. The van der Waals surface area contributed by atoms with Crippen LogP contribution in [0.4, 0.5) is 23.2 Å². The van der Waals surface area contributed by atoms with Gasteiger partial charge in [-0.3, -0.25) is 81.5 Å². The Morgan fingerprint density at radius 1 is 0.788 bits per heavy atom. The number of unbranched alkanes of at least 4 members (excludes halogenated alkanes) is 1. The minimum atomic E-state index is -5.76. The Bertz CT molecular complexity index is 3880. The fourth-order valence-electron chi connectivity index (χ4n) is 13.1. The third-order valence-corrected chi connectivity index (χ3v) is 21.9. The van der Waals surface area contributed by atoms with E-state index in [9.17, 15) is 61.3 Å². The van der Waals surface area contributed by atoms with Crippen LogP contribution in [-0.2, 0) is 91.3 Å². The molecule has 0 spiro atoms. The third kappa shape index (κ3) is 19.7. The third-order valence-electron chi connectivity index (χ3n) is 19.0. The molecule has 0 aliphatic carbocycles. The molecule has 7 N–H and O–H groups in total. The van der Waals surface area contributed by atoms with Crippen LogP contribution >= 0.6 is 18.9 Å². The van der Waals surface area contributed by atoms with E-state index in [1.807, 2.05) is 30.3 Å². The second-order valence-electron chi connectivity index (χ2n) is 28.8. The van der Waals surface area contributed by atoms with Crippen LogP contribution in [0.2, 0.25) is 0 Å². The van der Waals surface area contributed by atoms with Crippen LogP contribution in [-0.4, -0.2) is 205 Å². The van der Waals surface area contributed by atoms with Gasteiger partial charge in [-0.2, -0.15) is 8.78 Å². The van der Waals surface area contributed by atoms with E-state index in [0.29, 0.717) is 31.7 Å². The van der Waals surface area contributed by atoms with Gasteiger partial charge in [-0.25, -0.2) is 8.78 Å². The van der Waals surface area contributed by atoms with E-state index >= 15 is 13.6 Å². The van der Waals surface area contributed by atoms with Crippen molar-refractivity contribution in [1.29, 1.82) is 0 Å². The number of piperazine rings is 1. The first kappa shape index (κ1) is 79.7. The number of esters is 2. The molecular formula is C71H92F4N11O16PS. The number of hydrogen-bond donors (Lipinski definition) is 6. The van der Waals surface area contributed by atoms with Gasteiger partial charge >= 0.3 is 25.2 Å². The number of carbonyl (C=O) groups is 11. The van der Waals surface area contributed by atoms with Gasteiger partial charge in [0, 0.05) is 111 Å². The number of piperidine rings is 1. The standard InChI is InChI=1S/C71H92F4N11O16PS/c1-8-9-11-42-14-16-43(17-15-42)34-51(65(94)84-32-30-82(31-33-84)29-27-77-49-13-10-12-47-48(49)37-85(64(47)93)53-22-25-59(88)81-61(53)90)79-60(89)50(20-24-58(76)87)78-62(91)54-21-19-46-26-28-83(39-57(72)73)38-52(66(95)86(46)54)80-63(92)56-36-44-35-45(18-23-55(44)104-56)71(74,75)103(98,101-40-99-67(96)69(2,3)4)102-41-100-68(97)70(5,6)7/h10,12-18,23,35-36,46,50-54,57,77H,8-9,11,19-22,24-34,37-41H2,1-7H3,(H2,76,87)(H,78,91)(H,79,89)(H,80,92)(H,81,88,90)/t46-,50+,51+,52+,53?,54+/m1/s1. The van der Waals surface area contributed by atoms with Gasteiger partial charge in [0.1, 0.15) is 30.2 Å². The molecule has 0 bridgehead atoms. The van der Waals surface area contributed by atoms with Gasteiger partial charge in [-0.1, -0.05) is 49.7 Å². The Kier molecular flexibility index (Phi) is 26.2. The Labute approximate surface area is 604 Å². The van der Waals surface area contributed by atoms with Crippen LogP contribution in [0.3, 0.4) is 0 Å². The molecule has 5 aliphatic heterocycles. The number of benzene rings is 3. The van der Waals surface area contributed by atoms with Gasteiger partial charge in [-0.05, 0) is 133 Å². The predicted molar refractivity (Wildman–Crippen MR) is 373 cm³/mol. The smallest absolute Gasteiger partial charge is 0.410 e. The van der Waals surface area contributed by atoms with Crippen LogP contribution in [0.15, 0.2) is 66.7 Å². The van der Waals surface area contributed by atoms with Crippen molar-refractivity contribution in [2.24, 2.45) is 16.6 Å². The number of rotatable bonds is 30. The predicted octanol–water partition coefficient (Wildman–Crippen LogP) is 6.54. The first-order valence-electron chi connectivity index (χ1n) is 34.9. The number of nitrogens with zero attached hydrogens (tertiary/aromatic N) is 5. The Hall–Kier alpha value is -8.42. The zero-order valence-corrected chi connectivity index (χ0v) is 61.1. The van der Waals surface area contributed by atoms with E-state index in [4.69, 9.17) is 24.3 Å². The molecule has 1 unspecified atom stereocenters. The molecule has 0 radical (unpaired) electrons. The molecule has 33 heteroatoms. The van der Waals surface area contributed by atoms with Gasteiger partial charge in [0.15, 0.2) is 0 Å². The second-order valence-corrected chi connectivity index (χ2v) is 32.0. The fourth-order valence-corrected chi connectivity index (χ4v) is 15.3. The van der Waals surface area contributed by atoms with Crippen molar-refractivity contribution in [3.8, 4) is 0 Å². The highest BCUT2D eigenvalue weighted by Gasteiger charge is 2.56. The fraction of sp³-hybridized carbons (Fsp3) is 0.563. The highest BCUT2D eigenvalue weighted by Crippen LogP contribution is 2.67. The summed E-state index contributed by atoms with van der Waals surface area (Å²) in [7, 11) is -5.76. The van der Waals surface area contributed by atoms with Crippen LogP contribution in [0.5, 0.6) is 0 Å². The maximum Gasteiger partial charge on any atom is 0.410 e. The maximum absolute atomic E-state index is 16.7. The summed E-state index contributed by atoms with van der Waals surface area (Å²) < 4.78 is 96.0. The summed E-state index contributed by atoms with van der Waals surface area (Å²) in [6.07, 6.45) is -0.0478. The molecule has 5 aliphatic rings. The van der Waals surface area contributed by atoms with Crippen LogP contribution < -0.4 is 32.3 Å². The number of nitrogens with two attached hydrogens (primary N) is 1. The summed E-state index contributed by atoms with van der Waals surface area (Å²) in [4.78, 5) is 157. The van der Waals surface area contributed by atoms with E-state index in [2.05, 4.69) is 38.4 Å². The zero-order valence-electron chi connectivity index (χ0n) is 59.4. The monoisotopic (exact) mass is 1490 g/mol. The van der Waals surface area contributed by atoms with Gasteiger partial charge in [0.05, 0.1) is 22.3 Å². The van der Waals surface area contributed by atoms with Crippen molar-refractivity contribution in [2.75, 3.05) is 77.8 Å². The molecule has 104 heavy (non-hydrogen) atoms. The van der Waals surface area contributed by atoms with Crippen molar-refractivity contribution >= 4 is 99.8 Å². The lowest BCUT2D eigenvalue weighted by Crippen LogP contribution is -2.62. The van der Waals surface area contributed by atoms with Crippen LogP contribution in [0.1, 0.15) is 149 Å². The van der Waals surface area contributed by atoms with Crippen LogP contribution in [0.25, 0.3) is 10.1 Å². The van der Waals surface area contributed by atoms with Crippen molar-refractivity contribution in [3.05, 3.63) is 99.4 Å². The van der Waals surface area contributed by atoms with Crippen molar-refractivity contribution < 1.29 is 93.4 Å². The molecule has 566 valence electrons. The minimum Gasteiger partial charge on any atom is -0.438 e. The number of aryl methyl sites for hydroxylation is 1. The Balaban J connectivity index is 0.882. The molecule has 4 fully saturated rings. The van der Waals surface area contributed by atoms with Crippen molar-refractivity contribution in [2.45, 2.75) is 174 Å². The molecular weight excluding hydrogens is 1400 g/mol. The molecule has 9 amide bonds. The van der Waals surface area contributed by atoms with E-state index in [1.165, 1.54) is 68.4 Å². The normalized spacial score (nSPS) is 19.9. The summed E-state index contributed by atoms with van der Waals surface area (Å²) in [6.45, 7) is 9.89. The average Bonchev–Trinajstić information content (AvgIpc) is 1.53. The number of imide groups is 1. The van der Waals surface area contributed by atoms with E-state index < -0.39 is 152 Å². The SMILES string of the molecule is CCCCc1ccc(C[C@H](NC(=O)[C@H](CCC(N)=O)NC(=O)[C@@H]2CC[C@@H]3CCN(CC(F)F)C[C@H](NC(=O)c4cc5cc(C(F)(F)P(=O)(OCOC(=O)C(C)(C)C)OCOC(=O)C(C)(C)C)ccc5s4)C(=O)N32)C(=O)N2CCN(CCNc3cccc4c3CN(C3CCC(=O)NC3=O)C4=O)CC2)cc1. The van der Waals surface area contributed by atoms with E-state index in [0.717, 1.165) is 65.1 Å². The first-order chi connectivity index (χ1) is 49.1. The number of ether oxygens (including phenoxy) is 2. The quantitative estimate of drug-likeness (QED) is 0.0106. The van der Waals surface area contributed by atoms with Crippen molar-refractivity contribution in [1.82, 2.24) is 45.8 Å². The number of anilines is 1. The lowest BCUT2D eigenvalue weighted by atomic mass is 9.98. The van der Waals surface area contributed by atoms with Crippen LogP contribution in [0, 0.1) is 10.8 Å². The van der Waals surface area contributed by atoms with E-state index in [-0.39, 0.29) is 104 Å². The number of carbonyl (C=O) groups excluding carboxylic acids is 11. The number of primary amides is 1. The summed E-state index contributed by atoms with van der Waals surface area (Å²) in [5.41, 5.74) is 1.66. The highest BCUT2D eigenvalue weighted by atomic mass is 32.1. The second kappa shape index (κ2) is 34.2. The van der Waals surface area contributed by atoms with Crippen molar-refractivity contribution in [3.63, 3.8) is 0 Å². The average molecular weight is 1490 g/mol. The molecule has 6 heterocycles. The maximum atomic E-state index is 16.7. The topological polar surface area (TPSA) is 344 Å². The Morgan fingerprint density at radius 3 is 2.10 bits per heavy atom. The number of fused-ring (bicyclic) bond motifs is 3. The largest absolute Gasteiger partial charge is 0.438 e. The first-order valence-corrected chi connectivity index (χ1v) is 37.3. The van der Waals surface area contributed by atoms with Gasteiger partial charge in [0.25, 0.3) is 18.2 Å². The zero-order chi connectivity index (χ0) is 75.6.